The number of nitrogens with one attached hydrogen (secondary N) is 1. The number of carboxylic acid groups (broad SMARTS) is 1. The lowest BCUT2D eigenvalue weighted by atomic mass is 9.84. The van der Waals surface area contributed by atoms with Crippen LogP contribution in [-0.2, 0) is 19.1 Å². The molecule has 2 saturated carbocycles. The SMILES string of the molecule is O=C1CC(C(=O)NC2(C(=O)O)CCCC2)C2(CCCC2)O1. The van der Waals surface area contributed by atoms with Crippen LogP contribution in [0.3, 0.4) is 0 Å². The number of hydrogen-bond donors (Lipinski definition) is 2. The van der Waals surface area contributed by atoms with Crippen LogP contribution in [0.1, 0.15) is 57.8 Å². The predicted molar refractivity (Wildman–Crippen MR) is 72.4 cm³/mol. The normalized spacial score (nSPS) is 29.5. The number of carbonyl (C=O) groups is 3. The second-order valence-electron chi connectivity index (χ2n) is 6.59. The zero-order chi connectivity index (χ0) is 15.1. The van der Waals surface area contributed by atoms with Crippen molar-refractivity contribution in [2.24, 2.45) is 5.92 Å². The van der Waals surface area contributed by atoms with Gasteiger partial charge in [0.2, 0.25) is 5.91 Å². The van der Waals surface area contributed by atoms with Crippen LogP contribution in [-0.4, -0.2) is 34.1 Å². The van der Waals surface area contributed by atoms with Crippen LogP contribution in [0.5, 0.6) is 0 Å². The van der Waals surface area contributed by atoms with Crippen molar-refractivity contribution in [2.75, 3.05) is 0 Å². The molecule has 1 amide bonds. The van der Waals surface area contributed by atoms with Gasteiger partial charge in [0.15, 0.2) is 0 Å². The van der Waals surface area contributed by atoms with Crippen molar-refractivity contribution >= 4 is 17.8 Å². The van der Waals surface area contributed by atoms with Crippen LogP contribution in [0.4, 0.5) is 0 Å². The van der Waals surface area contributed by atoms with E-state index in [-0.39, 0.29) is 18.3 Å². The summed E-state index contributed by atoms with van der Waals surface area (Å²) in [5, 5.41) is 12.2. The summed E-state index contributed by atoms with van der Waals surface area (Å²) in [4.78, 5) is 35.8. The molecule has 3 aliphatic rings. The number of aliphatic carboxylic acids is 1. The highest BCUT2D eigenvalue weighted by molar-refractivity contribution is 5.92. The third-order valence-electron chi connectivity index (χ3n) is 5.32. The molecule has 1 atom stereocenters. The van der Waals surface area contributed by atoms with Gasteiger partial charge in [-0.25, -0.2) is 4.79 Å². The first-order valence-electron chi connectivity index (χ1n) is 7.75. The number of esters is 1. The fourth-order valence-electron chi connectivity index (χ4n) is 4.14. The molecule has 0 aromatic rings. The van der Waals surface area contributed by atoms with E-state index in [0.29, 0.717) is 25.7 Å². The average molecular weight is 295 g/mol. The Hall–Kier alpha value is -1.59. The van der Waals surface area contributed by atoms with Gasteiger partial charge >= 0.3 is 11.9 Å². The van der Waals surface area contributed by atoms with Gasteiger partial charge in [0.1, 0.15) is 11.1 Å². The van der Waals surface area contributed by atoms with Crippen LogP contribution in [0, 0.1) is 5.92 Å². The number of amides is 1. The van der Waals surface area contributed by atoms with Gasteiger partial charge in [-0.3, -0.25) is 9.59 Å². The summed E-state index contributed by atoms with van der Waals surface area (Å²) in [6, 6.07) is 0. The van der Waals surface area contributed by atoms with Crippen LogP contribution >= 0.6 is 0 Å². The molecular formula is C15H21NO5. The number of carboxylic acids is 1. The van der Waals surface area contributed by atoms with Gasteiger partial charge in [0.05, 0.1) is 12.3 Å². The molecule has 3 fully saturated rings. The minimum Gasteiger partial charge on any atom is -0.480 e. The average Bonchev–Trinajstić information content (AvgIpc) is 3.12. The van der Waals surface area contributed by atoms with Gasteiger partial charge in [-0.2, -0.15) is 0 Å². The lowest BCUT2D eigenvalue weighted by Gasteiger charge is -2.32. The summed E-state index contributed by atoms with van der Waals surface area (Å²) >= 11 is 0. The van der Waals surface area contributed by atoms with Crippen LogP contribution < -0.4 is 5.32 Å². The molecule has 2 N–H and O–H groups in total. The van der Waals surface area contributed by atoms with E-state index in [1.165, 1.54) is 0 Å². The van der Waals surface area contributed by atoms with Gasteiger partial charge in [-0.15, -0.1) is 0 Å². The number of rotatable bonds is 3. The standard InChI is InChI=1S/C15H21NO5/c17-11-9-10(15(21-11)7-3-4-8-15)12(18)16-14(13(19)20)5-1-2-6-14/h10H,1-9H2,(H,16,18)(H,19,20). The van der Waals surface area contributed by atoms with Gasteiger partial charge in [0, 0.05) is 0 Å². The predicted octanol–water partition coefficient (Wildman–Crippen LogP) is 1.38. The molecule has 6 nitrogen and oxygen atoms in total. The van der Waals surface area contributed by atoms with Gasteiger partial charge < -0.3 is 15.2 Å². The van der Waals surface area contributed by atoms with Gasteiger partial charge in [-0.1, -0.05) is 12.8 Å². The maximum absolute atomic E-state index is 12.6. The highest BCUT2D eigenvalue weighted by Crippen LogP contribution is 2.46. The second-order valence-corrected chi connectivity index (χ2v) is 6.59. The van der Waals surface area contributed by atoms with Crippen molar-refractivity contribution in [1.82, 2.24) is 5.32 Å². The summed E-state index contributed by atoms with van der Waals surface area (Å²) in [5.74, 6) is -2.18. The molecule has 21 heavy (non-hydrogen) atoms. The monoisotopic (exact) mass is 295 g/mol. The summed E-state index contributed by atoms with van der Waals surface area (Å²) in [5.41, 5.74) is -1.83. The van der Waals surface area contributed by atoms with Crippen molar-refractivity contribution in [1.29, 1.82) is 0 Å². The number of ether oxygens (including phenoxy) is 1. The Kier molecular flexibility index (Phi) is 3.42. The van der Waals surface area contributed by atoms with E-state index in [4.69, 9.17) is 4.74 Å². The Morgan fingerprint density at radius 2 is 1.67 bits per heavy atom. The molecule has 0 aromatic carbocycles. The zero-order valence-corrected chi connectivity index (χ0v) is 12.0. The molecule has 0 radical (unpaired) electrons. The minimum absolute atomic E-state index is 0.0710. The van der Waals surface area contributed by atoms with E-state index < -0.39 is 23.0 Å². The molecule has 1 unspecified atom stereocenters. The number of hydrogen-bond acceptors (Lipinski definition) is 4. The van der Waals surface area contributed by atoms with E-state index in [1.54, 1.807) is 0 Å². The van der Waals surface area contributed by atoms with Gasteiger partial charge in [-0.05, 0) is 38.5 Å². The first kappa shape index (κ1) is 14.4. The highest BCUT2D eigenvalue weighted by Gasteiger charge is 2.55. The minimum atomic E-state index is -1.15. The highest BCUT2D eigenvalue weighted by atomic mass is 16.6. The summed E-state index contributed by atoms with van der Waals surface area (Å²) in [6.07, 6.45) is 5.90. The van der Waals surface area contributed by atoms with Crippen molar-refractivity contribution in [2.45, 2.75) is 68.9 Å². The van der Waals surface area contributed by atoms with Crippen LogP contribution in [0.25, 0.3) is 0 Å². The molecule has 1 spiro atoms. The topological polar surface area (TPSA) is 92.7 Å². The summed E-state index contributed by atoms with van der Waals surface area (Å²) in [7, 11) is 0. The maximum atomic E-state index is 12.6. The lowest BCUT2D eigenvalue weighted by molar-refractivity contribution is -0.153. The zero-order valence-electron chi connectivity index (χ0n) is 12.0. The molecule has 2 aliphatic carbocycles. The Bertz CT molecular complexity index is 474. The fraction of sp³-hybridized carbons (Fsp3) is 0.800. The largest absolute Gasteiger partial charge is 0.480 e. The summed E-state index contributed by atoms with van der Waals surface area (Å²) < 4.78 is 5.45. The molecule has 3 rings (SSSR count). The fourth-order valence-corrected chi connectivity index (χ4v) is 4.14. The third-order valence-corrected chi connectivity index (χ3v) is 5.32. The van der Waals surface area contributed by atoms with Crippen molar-refractivity contribution in [3.63, 3.8) is 0 Å². The maximum Gasteiger partial charge on any atom is 0.329 e. The molecule has 116 valence electrons. The van der Waals surface area contributed by atoms with E-state index in [1.807, 2.05) is 0 Å². The molecule has 1 aliphatic heterocycles. The lowest BCUT2D eigenvalue weighted by Crippen LogP contribution is -2.56. The quantitative estimate of drug-likeness (QED) is 0.767. The Morgan fingerprint density at radius 3 is 2.24 bits per heavy atom. The Balaban J connectivity index is 1.78. The van der Waals surface area contributed by atoms with E-state index in [0.717, 1.165) is 25.7 Å². The molecule has 6 heteroatoms. The summed E-state index contributed by atoms with van der Waals surface area (Å²) in [6.45, 7) is 0. The van der Waals surface area contributed by atoms with Crippen molar-refractivity contribution in [3.8, 4) is 0 Å². The Morgan fingerprint density at radius 1 is 1.10 bits per heavy atom. The van der Waals surface area contributed by atoms with E-state index in [9.17, 15) is 19.5 Å². The van der Waals surface area contributed by atoms with Gasteiger partial charge in [0.25, 0.3) is 0 Å². The van der Waals surface area contributed by atoms with E-state index in [2.05, 4.69) is 5.32 Å². The molecule has 0 bridgehead atoms. The van der Waals surface area contributed by atoms with E-state index >= 15 is 0 Å². The molecule has 1 saturated heterocycles. The third kappa shape index (κ3) is 2.30. The molecular weight excluding hydrogens is 274 g/mol. The van der Waals surface area contributed by atoms with Crippen molar-refractivity contribution in [3.05, 3.63) is 0 Å². The molecule has 0 aromatic heterocycles. The molecule has 1 heterocycles. The number of carbonyl (C=O) groups excluding carboxylic acids is 2. The van der Waals surface area contributed by atoms with Crippen molar-refractivity contribution < 1.29 is 24.2 Å². The smallest absolute Gasteiger partial charge is 0.329 e. The second kappa shape index (κ2) is 5.00. The Labute approximate surface area is 123 Å². The van der Waals surface area contributed by atoms with Crippen LogP contribution in [0.2, 0.25) is 0 Å². The first-order valence-corrected chi connectivity index (χ1v) is 7.75. The van der Waals surface area contributed by atoms with Crippen LogP contribution in [0.15, 0.2) is 0 Å². The first-order chi connectivity index (χ1) is 9.97.